The van der Waals surface area contributed by atoms with E-state index in [0.717, 1.165) is 24.2 Å². The third-order valence-corrected chi connectivity index (χ3v) is 6.78. The summed E-state index contributed by atoms with van der Waals surface area (Å²) in [4.78, 5) is 38.7. The largest absolute Gasteiger partial charge is 0.497 e. The average Bonchev–Trinajstić information content (AvgIpc) is 3.12. The number of ketones is 3. The lowest BCUT2D eigenvalue weighted by Gasteiger charge is -2.19. The summed E-state index contributed by atoms with van der Waals surface area (Å²) in [5, 5.41) is 0. The van der Waals surface area contributed by atoms with Gasteiger partial charge in [0.25, 0.3) is 0 Å². The van der Waals surface area contributed by atoms with Gasteiger partial charge in [0.05, 0.1) is 7.11 Å². The summed E-state index contributed by atoms with van der Waals surface area (Å²) in [6.07, 6.45) is -1.28. The van der Waals surface area contributed by atoms with Crippen molar-refractivity contribution in [2.75, 3.05) is 13.7 Å². The predicted octanol–water partition coefficient (Wildman–Crippen LogP) is 6.12. The van der Waals surface area contributed by atoms with Crippen molar-refractivity contribution < 1.29 is 37.0 Å². The van der Waals surface area contributed by atoms with Crippen molar-refractivity contribution in [3.05, 3.63) is 58.7 Å². The van der Waals surface area contributed by atoms with E-state index in [9.17, 15) is 27.6 Å². The van der Waals surface area contributed by atoms with Gasteiger partial charge in [0.15, 0.2) is 12.4 Å². The summed E-state index contributed by atoms with van der Waals surface area (Å²) in [6, 6.07) is 10.7. The van der Waals surface area contributed by atoms with Crippen LogP contribution in [0.4, 0.5) is 13.2 Å². The number of unbranched alkanes of at least 4 members (excludes halogenated alkanes) is 1. The molecule has 1 fully saturated rings. The van der Waals surface area contributed by atoms with Gasteiger partial charge in [-0.05, 0) is 79.1 Å². The quantitative estimate of drug-likeness (QED) is 0.250. The van der Waals surface area contributed by atoms with E-state index in [1.807, 2.05) is 31.2 Å². The topological polar surface area (TPSA) is 69.7 Å². The zero-order valence-electron chi connectivity index (χ0n) is 21.5. The Morgan fingerprint density at radius 1 is 1.05 bits per heavy atom. The second kappa shape index (κ2) is 12.4. The highest BCUT2D eigenvalue weighted by Gasteiger charge is 2.44. The number of halogens is 3. The van der Waals surface area contributed by atoms with Crippen LogP contribution in [0.3, 0.4) is 0 Å². The van der Waals surface area contributed by atoms with Gasteiger partial charge in [-0.3, -0.25) is 14.4 Å². The molecular weight excluding hydrogens is 485 g/mol. The molecular formula is C29H33F3O5. The molecule has 5 nitrogen and oxygen atoms in total. The number of aryl methyl sites for hydroxylation is 3. The Hall–Kier alpha value is -3.16. The molecule has 0 saturated heterocycles. The van der Waals surface area contributed by atoms with Gasteiger partial charge >= 0.3 is 6.18 Å². The SMILES string of the molecule is CCc1cc(OCC(F)(F)F)cc(C)c1C1C(=O)CC(CC(=O)CCCCc2ccc(OC)cc2)C1=O. The van der Waals surface area contributed by atoms with Crippen LogP contribution in [0.2, 0.25) is 0 Å². The van der Waals surface area contributed by atoms with Crippen LogP contribution in [0.5, 0.6) is 11.5 Å². The first kappa shape index (κ1) is 28.4. The molecule has 0 spiro atoms. The molecule has 200 valence electrons. The van der Waals surface area contributed by atoms with E-state index >= 15 is 0 Å². The van der Waals surface area contributed by atoms with Gasteiger partial charge in [-0.2, -0.15) is 13.2 Å². The Morgan fingerprint density at radius 2 is 1.76 bits per heavy atom. The van der Waals surface area contributed by atoms with Gasteiger partial charge in [-0.15, -0.1) is 0 Å². The number of Topliss-reactive ketones (excluding diaryl/α,β-unsaturated/α-hetero) is 3. The second-order valence-corrected chi connectivity index (χ2v) is 9.57. The van der Waals surface area contributed by atoms with Crippen LogP contribution in [-0.2, 0) is 27.2 Å². The Balaban J connectivity index is 1.58. The van der Waals surface area contributed by atoms with E-state index < -0.39 is 24.6 Å². The van der Waals surface area contributed by atoms with Gasteiger partial charge in [0.2, 0.25) is 0 Å². The zero-order valence-corrected chi connectivity index (χ0v) is 21.5. The fourth-order valence-electron chi connectivity index (χ4n) is 4.94. The monoisotopic (exact) mass is 518 g/mol. The molecule has 8 heteroatoms. The predicted molar refractivity (Wildman–Crippen MR) is 133 cm³/mol. The van der Waals surface area contributed by atoms with E-state index in [1.165, 1.54) is 12.1 Å². The van der Waals surface area contributed by atoms with Crippen molar-refractivity contribution in [1.82, 2.24) is 0 Å². The summed E-state index contributed by atoms with van der Waals surface area (Å²) >= 11 is 0. The van der Waals surface area contributed by atoms with Crippen LogP contribution in [-0.4, -0.2) is 37.2 Å². The van der Waals surface area contributed by atoms with Gasteiger partial charge in [0.1, 0.15) is 29.0 Å². The van der Waals surface area contributed by atoms with Crippen molar-refractivity contribution in [1.29, 1.82) is 0 Å². The van der Waals surface area contributed by atoms with Crippen LogP contribution in [0.25, 0.3) is 0 Å². The van der Waals surface area contributed by atoms with Crippen molar-refractivity contribution in [3.8, 4) is 11.5 Å². The van der Waals surface area contributed by atoms with Crippen LogP contribution in [0, 0.1) is 12.8 Å². The number of carbonyl (C=O) groups is 3. The number of benzene rings is 2. The van der Waals surface area contributed by atoms with E-state index in [-0.39, 0.29) is 35.9 Å². The number of ether oxygens (including phenoxy) is 2. The fourth-order valence-corrected chi connectivity index (χ4v) is 4.94. The number of hydrogen-bond acceptors (Lipinski definition) is 5. The normalized spacial score (nSPS) is 17.8. The molecule has 0 bridgehead atoms. The molecule has 2 aromatic carbocycles. The molecule has 0 aliphatic heterocycles. The zero-order chi connectivity index (χ0) is 27.2. The molecule has 0 amide bonds. The highest BCUT2D eigenvalue weighted by molar-refractivity contribution is 6.15. The lowest BCUT2D eigenvalue weighted by atomic mass is 9.85. The number of rotatable bonds is 12. The van der Waals surface area contributed by atoms with Crippen LogP contribution >= 0.6 is 0 Å². The Labute approximate surface area is 215 Å². The minimum atomic E-state index is -4.47. The number of hydrogen-bond donors (Lipinski definition) is 0. The summed E-state index contributed by atoms with van der Waals surface area (Å²) in [7, 11) is 1.61. The number of carbonyl (C=O) groups excluding carboxylic acids is 3. The Kier molecular flexibility index (Phi) is 9.51. The molecule has 2 aromatic rings. The van der Waals surface area contributed by atoms with Crippen LogP contribution < -0.4 is 9.47 Å². The summed E-state index contributed by atoms with van der Waals surface area (Å²) < 4.78 is 47.7. The smallest absolute Gasteiger partial charge is 0.422 e. The third kappa shape index (κ3) is 7.66. The van der Waals surface area contributed by atoms with Gasteiger partial charge in [-0.25, -0.2) is 0 Å². The standard InChI is InChI=1S/C29H33F3O5/c1-4-20-15-24(37-17-29(30,31)32)13-18(2)26(20)27-25(34)16-21(28(27)35)14-22(33)8-6-5-7-19-9-11-23(36-3)12-10-19/h9-13,15,21,27H,4-8,14,16-17H2,1-3H3. The summed E-state index contributed by atoms with van der Waals surface area (Å²) in [5.41, 5.74) is 2.83. The first-order valence-corrected chi connectivity index (χ1v) is 12.6. The van der Waals surface area contributed by atoms with Crippen molar-refractivity contribution in [2.24, 2.45) is 5.92 Å². The molecule has 2 unspecified atom stereocenters. The lowest BCUT2D eigenvalue weighted by molar-refractivity contribution is -0.153. The van der Waals surface area contributed by atoms with Gasteiger partial charge < -0.3 is 9.47 Å². The molecule has 37 heavy (non-hydrogen) atoms. The van der Waals surface area contributed by atoms with Gasteiger partial charge in [0, 0.05) is 25.2 Å². The molecule has 1 saturated carbocycles. The third-order valence-electron chi connectivity index (χ3n) is 6.78. The Morgan fingerprint density at radius 3 is 2.38 bits per heavy atom. The van der Waals surface area contributed by atoms with Crippen molar-refractivity contribution >= 4 is 17.3 Å². The van der Waals surface area contributed by atoms with Gasteiger partial charge in [-0.1, -0.05) is 19.1 Å². The van der Waals surface area contributed by atoms with Crippen molar-refractivity contribution in [3.63, 3.8) is 0 Å². The van der Waals surface area contributed by atoms with Crippen molar-refractivity contribution in [2.45, 2.75) is 70.9 Å². The van der Waals surface area contributed by atoms with Crippen LogP contribution in [0.1, 0.15) is 67.2 Å². The highest BCUT2D eigenvalue weighted by atomic mass is 19.4. The molecule has 1 aliphatic carbocycles. The minimum absolute atomic E-state index is 0.00993. The molecule has 0 radical (unpaired) electrons. The van der Waals surface area contributed by atoms with E-state index in [2.05, 4.69) is 0 Å². The van der Waals surface area contributed by atoms with Crippen LogP contribution in [0.15, 0.2) is 36.4 Å². The minimum Gasteiger partial charge on any atom is -0.497 e. The molecule has 2 atom stereocenters. The first-order chi connectivity index (χ1) is 17.5. The molecule has 0 aromatic heterocycles. The van der Waals surface area contributed by atoms with E-state index in [0.29, 0.717) is 36.0 Å². The summed E-state index contributed by atoms with van der Waals surface area (Å²) in [5.74, 6) is -1.36. The first-order valence-electron chi connectivity index (χ1n) is 12.6. The summed E-state index contributed by atoms with van der Waals surface area (Å²) in [6.45, 7) is 2.06. The second-order valence-electron chi connectivity index (χ2n) is 9.57. The molecule has 0 N–H and O–H groups in total. The molecule has 1 aliphatic rings. The Bertz CT molecular complexity index is 1120. The van der Waals surface area contributed by atoms with E-state index in [1.54, 1.807) is 14.0 Å². The number of alkyl halides is 3. The lowest BCUT2D eigenvalue weighted by Crippen LogP contribution is -2.21. The molecule has 3 rings (SSSR count). The van der Waals surface area contributed by atoms with E-state index in [4.69, 9.17) is 9.47 Å². The maximum absolute atomic E-state index is 13.2. The highest BCUT2D eigenvalue weighted by Crippen LogP contribution is 2.39. The number of methoxy groups -OCH3 is 1. The fraction of sp³-hybridized carbons (Fsp3) is 0.483. The molecule has 0 heterocycles. The maximum Gasteiger partial charge on any atom is 0.422 e. The average molecular weight is 519 g/mol. The maximum atomic E-state index is 13.2.